The maximum absolute atomic E-state index is 13.5. The minimum atomic E-state index is -0.398. The Labute approximate surface area is 171 Å². The molecular weight excluding hydrogens is 360 g/mol. The van der Waals surface area contributed by atoms with Crippen LogP contribution in [0.2, 0.25) is 0 Å². The van der Waals surface area contributed by atoms with Crippen LogP contribution in [0.1, 0.15) is 36.3 Å². The number of piperidine rings is 1. The van der Waals surface area contributed by atoms with E-state index < -0.39 is 5.92 Å². The van der Waals surface area contributed by atoms with Crippen LogP contribution < -0.4 is 15.0 Å². The van der Waals surface area contributed by atoms with Gasteiger partial charge in [-0.2, -0.15) is 0 Å². The summed E-state index contributed by atoms with van der Waals surface area (Å²) in [7, 11) is 0. The Balaban J connectivity index is 1.50. The van der Waals surface area contributed by atoms with Crippen molar-refractivity contribution >= 4 is 17.3 Å². The second kappa shape index (κ2) is 7.63. The van der Waals surface area contributed by atoms with E-state index >= 15 is 0 Å². The van der Waals surface area contributed by atoms with Crippen LogP contribution in [0.5, 0.6) is 11.5 Å². The number of anilines is 2. The van der Waals surface area contributed by atoms with Crippen molar-refractivity contribution in [3.05, 3.63) is 83.9 Å². The highest BCUT2D eigenvalue weighted by atomic mass is 16.5. The van der Waals surface area contributed by atoms with E-state index in [-0.39, 0.29) is 5.91 Å². The highest BCUT2D eigenvalue weighted by Gasteiger charge is 2.32. The van der Waals surface area contributed by atoms with E-state index in [1.54, 1.807) is 0 Å². The lowest BCUT2D eigenvalue weighted by Gasteiger charge is -2.31. The van der Waals surface area contributed by atoms with Gasteiger partial charge in [-0.15, -0.1) is 0 Å². The van der Waals surface area contributed by atoms with Crippen LogP contribution in [0.25, 0.3) is 0 Å². The van der Waals surface area contributed by atoms with Crippen LogP contribution in [0, 0.1) is 0 Å². The predicted molar refractivity (Wildman–Crippen MR) is 116 cm³/mol. The molecule has 3 aromatic carbocycles. The van der Waals surface area contributed by atoms with E-state index in [1.807, 2.05) is 66.7 Å². The SMILES string of the molecule is O=C(Nc1ccccc1N1CCCCC1)C1c2ccccc2Oc2ccccc21. The Morgan fingerprint density at radius 2 is 1.38 bits per heavy atom. The number of nitrogens with zero attached hydrogens (tertiary/aromatic N) is 1. The molecule has 5 rings (SSSR count). The predicted octanol–water partition coefficient (Wildman–Crippen LogP) is 5.55. The highest BCUT2D eigenvalue weighted by Crippen LogP contribution is 2.44. The Hall–Kier alpha value is -3.27. The van der Waals surface area contributed by atoms with Gasteiger partial charge in [-0.3, -0.25) is 4.79 Å². The molecular formula is C25H24N2O2. The molecule has 0 aromatic heterocycles. The fourth-order valence-corrected chi connectivity index (χ4v) is 4.39. The molecule has 0 atom stereocenters. The average Bonchev–Trinajstić information content (AvgIpc) is 2.78. The van der Waals surface area contributed by atoms with Gasteiger partial charge in [0.2, 0.25) is 5.91 Å². The zero-order valence-electron chi connectivity index (χ0n) is 16.3. The summed E-state index contributed by atoms with van der Waals surface area (Å²) < 4.78 is 6.04. The second-order valence-electron chi connectivity index (χ2n) is 7.66. The Kier molecular flexibility index (Phi) is 4.68. The zero-order valence-corrected chi connectivity index (χ0v) is 16.3. The summed E-state index contributed by atoms with van der Waals surface area (Å²) in [5, 5.41) is 3.22. The first kappa shape index (κ1) is 17.8. The van der Waals surface area contributed by atoms with E-state index in [1.165, 1.54) is 19.3 Å². The number of benzene rings is 3. The first-order chi connectivity index (χ1) is 14.3. The summed E-state index contributed by atoms with van der Waals surface area (Å²) in [6.07, 6.45) is 3.67. The molecule has 0 unspecified atom stereocenters. The van der Waals surface area contributed by atoms with Gasteiger partial charge in [-0.1, -0.05) is 48.5 Å². The van der Waals surface area contributed by atoms with Crippen LogP contribution in [-0.2, 0) is 4.79 Å². The number of amides is 1. The number of para-hydroxylation sites is 4. The Bertz CT molecular complexity index is 995. The molecule has 1 fully saturated rings. The number of carbonyl (C=O) groups excluding carboxylic acids is 1. The molecule has 4 heteroatoms. The summed E-state index contributed by atoms with van der Waals surface area (Å²) in [5.41, 5.74) is 3.79. The molecule has 0 saturated carbocycles. The first-order valence-electron chi connectivity index (χ1n) is 10.3. The summed E-state index contributed by atoms with van der Waals surface area (Å²) in [6.45, 7) is 2.08. The molecule has 0 bridgehead atoms. The number of hydrogen-bond acceptors (Lipinski definition) is 3. The van der Waals surface area contributed by atoms with Crippen molar-refractivity contribution in [3.63, 3.8) is 0 Å². The van der Waals surface area contributed by atoms with Crippen molar-refractivity contribution in [2.24, 2.45) is 0 Å². The molecule has 3 aromatic rings. The first-order valence-corrected chi connectivity index (χ1v) is 10.3. The smallest absolute Gasteiger partial charge is 0.236 e. The van der Waals surface area contributed by atoms with Crippen molar-refractivity contribution in [1.82, 2.24) is 0 Å². The second-order valence-corrected chi connectivity index (χ2v) is 7.66. The molecule has 0 radical (unpaired) electrons. The minimum absolute atomic E-state index is 0.0299. The molecule has 1 saturated heterocycles. The third kappa shape index (κ3) is 3.35. The van der Waals surface area contributed by atoms with E-state index in [0.29, 0.717) is 0 Å². The van der Waals surface area contributed by atoms with Crippen LogP contribution in [0.15, 0.2) is 72.8 Å². The lowest BCUT2D eigenvalue weighted by atomic mass is 9.87. The molecule has 4 nitrogen and oxygen atoms in total. The van der Waals surface area contributed by atoms with Crippen LogP contribution in [0.4, 0.5) is 11.4 Å². The van der Waals surface area contributed by atoms with Crippen molar-refractivity contribution < 1.29 is 9.53 Å². The van der Waals surface area contributed by atoms with Gasteiger partial charge in [-0.05, 0) is 43.5 Å². The van der Waals surface area contributed by atoms with E-state index in [9.17, 15) is 4.79 Å². The van der Waals surface area contributed by atoms with Gasteiger partial charge in [0.05, 0.1) is 17.3 Å². The molecule has 1 N–H and O–H groups in total. The maximum atomic E-state index is 13.5. The minimum Gasteiger partial charge on any atom is -0.457 e. The van der Waals surface area contributed by atoms with E-state index in [0.717, 1.165) is 47.1 Å². The molecule has 146 valence electrons. The standard InChI is InChI=1S/C25H24N2O2/c28-25(26-20-12-4-5-13-21(20)27-16-8-1-9-17-27)24-18-10-2-6-14-22(18)29-23-15-7-3-11-19(23)24/h2-7,10-15,24H,1,8-9,16-17H2,(H,26,28). The van der Waals surface area contributed by atoms with Gasteiger partial charge in [0.1, 0.15) is 11.5 Å². The quantitative estimate of drug-likeness (QED) is 0.643. The number of hydrogen-bond donors (Lipinski definition) is 1. The van der Waals surface area contributed by atoms with Crippen LogP contribution in [0.3, 0.4) is 0 Å². The number of ether oxygens (including phenoxy) is 1. The van der Waals surface area contributed by atoms with Crippen molar-refractivity contribution in [2.45, 2.75) is 25.2 Å². The molecule has 1 amide bonds. The highest BCUT2D eigenvalue weighted by molar-refractivity contribution is 6.01. The van der Waals surface area contributed by atoms with Crippen molar-refractivity contribution in [2.75, 3.05) is 23.3 Å². The summed E-state index contributed by atoms with van der Waals surface area (Å²) >= 11 is 0. The molecule has 29 heavy (non-hydrogen) atoms. The molecule has 2 aliphatic rings. The monoisotopic (exact) mass is 384 g/mol. The number of rotatable bonds is 3. The molecule has 0 spiro atoms. The lowest BCUT2D eigenvalue weighted by molar-refractivity contribution is -0.116. The molecule has 2 heterocycles. The summed E-state index contributed by atoms with van der Waals surface area (Å²) in [5.74, 6) is 1.06. The molecule has 2 aliphatic heterocycles. The van der Waals surface area contributed by atoms with Crippen LogP contribution >= 0.6 is 0 Å². The zero-order chi connectivity index (χ0) is 19.6. The number of carbonyl (C=O) groups is 1. The topological polar surface area (TPSA) is 41.6 Å². The van der Waals surface area contributed by atoms with Crippen molar-refractivity contribution in [1.29, 1.82) is 0 Å². The summed E-state index contributed by atoms with van der Waals surface area (Å²) in [4.78, 5) is 15.9. The third-order valence-electron chi connectivity index (χ3n) is 5.80. The third-order valence-corrected chi connectivity index (χ3v) is 5.80. The van der Waals surface area contributed by atoms with Crippen LogP contribution in [-0.4, -0.2) is 19.0 Å². The average molecular weight is 384 g/mol. The fourth-order valence-electron chi connectivity index (χ4n) is 4.39. The van der Waals surface area contributed by atoms with Gasteiger partial charge < -0.3 is 15.0 Å². The van der Waals surface area contributed by atoms with Gasteiger partial charge >= 0.3 is 0 Å². The lowest BCUT2D eigenvalue weighted by Crippen LogP contribution is -2.31. The fraction of sp³-hybridized carbons (Fsp3) is 0.240. The van der Waals surface area contributed by atoms with Gasteiger partial charge in [0, 0.05) is 24.2 Å². The van der Waals surface area contributed by atoms with Crippen molar-refractivity contribution in [3.8, 4) is 11.5 Å². The largest absolute Gasteiger partial charge is 0.457 e. The Morgan fingerprint density at radius 3 is 2.07 bits per heavy atom. The van der Waals surface area contributed by atoms with E-state index in [4.69, 9.17) is 4.74 Å². The normalized spacial score (nSPS) is 15.8. The van der Waals surface area contributed by atoms with Gasteiger partial charge in [-0.25, -0.2) is 0 Å². The van der Waals surface area contributed by atoms with Gasteiger partial charge in [0.15, 0.2) is 0 Å². The number of fused-ring (bicyclic) bond motifs is 2. The summed E-state index contributed by atoms with van der Waals surface area (Å²) in [6, 6.07) is 23.7. The Morgan fingerprint density at radius 1 is 0.793 bits per heavy atom. The molecule has 0 aliphatic carbocycles. The maximum Gasteiger partial charge on any atom is 0.236 e. The number of nitrogens with one attached hydrogen (secondary N) is 1. The van der Waals surface area contributed by atoms with Gasteiger partial charge in [0.25, 0.3) is 0 Å². The van der Waals surface area contributed by atoms with E-state index in [2.05, 4.69) is 16.3 Å².